The van der Waals surface area contributed by atoms with Gasteiger partial charge in [0.05, 0.1) is 5.54 Å². The van der Waals surface area contributed by atoms with E-state index in [1.54, 1.807) is 0 Å². The molecule has 1 N–H and O–H groups in total. The predicted octanol–water partition coefficient (Wildman–Crippen LogP) is 4.73. The van der Waals surface area contributed by atoms with Crippen LogP contribution < -0.4 is 5.32 Å². The number of carbonyl (C=O) groups is 1. The van der Waals surface area contributed by atoms with Crippen molar-refractivity contribution in [2.24, 2.45) is 0 Å². The molecule has 0 spiro atoms. The number of nitrogens with one attached hydrogen (secondary N) is 1. The Morgan fingerprint density at radius 3 is 2.20 bits per heavy atom. The molecule has 0 saturated carbocycles. The van der Waals surface area contributed by atoms with Gasteiger partial charge in [0.1, 0.15) is 0 Å². The Kier molecular flexibility index (Phi) is 6.18. The molecule has 2 aromatic carbocycles. The first kappa shape index (κ1) is 19.8. The van der Waals surface area contributed by atoms with Crippen molar-refractivity contribution in [2.45, 2.75) is 32.7 Å². The Labute approximate surface area is 175 Å². The molecule has 3 rings (SSSR count). The quantitative estimate of drug-likeness (QED) is 0.733. The van der Waals surface area contributed by atoms with Crippen LogP contribution in [0.15, 0.2) is 60.2 Å². The van der Waals surface area contributed by atoms with Crippen LogP contribution in [-0.4, -0.2) is 5.91 Å². The molecule has 25 heavy (non-hydrogen) atoms. The van der Waals surface area contributed by atoms with E-state index in [2.05, 4.69) is 5.32 Å². The maximum absolute atomic E-state index is 12.7. The third-order valence-electron chi connectivity index (χ3n) is 4.68. The summed E-state index contributed by atoms with van der Waals surface area (Å²) in [6.45, 7) is 12.2. The van der Waals surface area contributed by atoms with Gasteiger partial charge in [-0.15, -0.1) is 17.2 Å². The zero-order valence-electron chi connectivity index (χ0n) is 15.0. The number of rotatable bonds is 4. The Hall–Kier alpha value is -1.51. The first-order chi connectivity index (χ1) is 11.4. The largest absolute Gasteiger partial charge is 0.347 e. The molecule has 0 atom stereocenters. The molecule has 1 amide bonds. The Morgan fingerprint density at radius 1 is 1.00 bits per heavy atom. The van der Waals surface area contributed by atoms with E-state index in [4.69, 9.17) is 6.58 Å². The van der Waals surface area contributed by atoms with Gasteiger partial charge in [-0.2, -0.15) is 5.57 Å². The third kappa shape index (κ3) is 4.02. The van der Waals surface area contributed by atoms with Gasteiger partial charge in [-0.25, -0.2) is 6.58 Å². The number of benzene rings is 2. The molecule has 1 aliphatic rings. The van der Waals surface area contributed by atoms with Crippen LogP contribution in [0.4, 0.5) is 0 Å². The molecular formula is C22H22NOY-. The number of hydrogen-bond acceptors (Lipinski definition) is 1. The molecule has 0 aromatic heterocycles. The minimum absolute atomic E-state index is 0. The summed E-state index contributed by atoms with van der Waals surface area (Å²) >= 11 is 0. The van der Waals surface area contributed by atoms with Gasteiger partial charge in [-0.05, 0) is 19.4 Å². The van der Waals surface area contributed by atoms with Crippen LogP contribution in [0.5, 0.6) is 0 Å². The molecular weight excluding hydrogens is 383 g/mol. The minimum Gasteiger partial charge on any atom is -0.347 e. The zero-order chi connectivity index (χ0) is 17.3. The van der Waals surface area contributed by atoms with E-state index in [0.717, 1.165) is 33.4 Å². The standard InChI is InChI=1S/C22H22NO.Y/c1-15-16(2)20(19-13-9-8-12-18(15)19)14-21(24)23-22(3,4)17-10-6-5-7-11-17;/h1,5-13H,14H2,2-4H3,(H,23,24);/q-1;. The van der Waals surface area contributed by atoms with Crippen molar-refractivity contribution in [1.82, 2.24) is 5.32 Å². The fourth-order valence-corrected chi connectivity index (χ4v) is 3.26. The zero-order valence-corrected chi connectivity index (χ0v) is 17.8. The normalized spacial score (nSPS) is 13.3. The summed E-state index contributed by atoms with van der Waals surface area (Å²) in [6, 6.07) is 18.0. The average molecular weight is 405 g/mol. The summed E-state index contributed by atoms with van der Waals surface area (Å²) in [4.78, 5) is 12.7. The van der Waals surface area contributed by atoms with Gasteiger partial charge < -0.3 is 5.32 Å². The average Bonchev–Trinajstić information content (AvgIpc) is 2.81. The summed E-state index contributed by atoms with van der Waals surface area (Å²) in [6.07, 6.45) is 0.333. The van der Waals surface area contributed by atoms with Crippen LogP contribution in [0.25, 0.3) is 11.1 Å². The number of allylic oxidation sites excluding steroid dienone is 2. The Morgan fingerprint density at radius 2 is 1.56 bits per heavy atom. The Bertz CT molecular complexity index is 834. The van der Waals surface area contributed by atoms with Crippen molar-refractivity contribution in [2.75, 3.05) is 0 Å². The van der Waals surface area contributed by atoms with Crippen LogP contribution in [0.3, 0.4) is 0 Å². The summed E-state index contributed by atoms with van der Waals surface area (Å²) in [7, 11) is 0. The molecule has 3 heteroatoms. The van der Waals surface area contributed by atoms with Crippen molar-refractivity contribution in [3.05, 3.63) is 83.4 Å². The van der Waals surface area contributed by atoms with Gasteiger partial charge in [0.15, 0.2) is 0 Å². The van der Waals surface area contributed by atoms with Crippen molar-refractivity contribution in [3.8, 4) is 0 Å². The van der Waals surface area contributed by atoms with Crippen LogP contribution in [0.1, 0.15) is 43.9 Å². The molecule has 0 heterocycles. The monoisotopic (exact) mass is 405 g/mol. The summed E-state index contributed by atoms with van der Waals surface area (Å²) in [5.41, 5.74) is 5.56. The van der Waals surface area contributed by atoms with Gasteiger partial charge in [-0.3, -0.25) is 4.79 Å². The van der Waals surface area contributed by atoms with Gasteiger partial charge >= 0.3 is 0 Å². The summed E-state index contributed by atoms with van der Waals surface area (Å²) in [5.74, 6) is 0.00251. The maximum Gasteiger partial charge on any atom is 0.224 e. The number of carbonyl (C=O) groups excluding carboxylic acids is 1. The molecule has 2 nitrogen and oxygen atoms in total. The van der Waals surface area contributed by atoms with Crippen LogP contribution >= 0.6 is 0 Å². The van der Waals surface area contributed by atoms with Gasteiger partial charge in [0.2, 0.25) is 5.91 Å². The topological polar surface area (TPSA) is 29.1 Å². The first-order valence-electron chi connectivity index (χ1n) is 8.19. The molecule has 125 valence electrons. The van der Waals surface area contributed by atoms with Crippen molar-refractivity contribution < 1.29 is 37.5 Å². The van der Waals surface area contributed by atoms with E-state index in [9.17, 15) is 4.79 Å². The first-order valence-corrected chi connectivity index (χ1v) is 8.19. The molecule has 0 aliphatic heterocycles. The maximum atomic E-state index is 12.7. The van der Waals surface area contributed by atoms with Crippen molar-refractivity contribution in [3.63, 3.8) is 0 Å². The fraction of sp³-hybridized carbons (Fsp3) is 0.227. The van der Waals surface area contributed by atoms with Crippen LogP contribution in [0.2, 0.25) is 0 Å². The predicted molar refractivity (Wildman–Crippen MR) is 99.0 cm³/mol. The van der Waals surface area contributed by atoms with Gasteiger partial charge in [0, 0.05) is 39.1 Å². The van der Waals surface area contributed by atoms with Crippen LogP contribution in [-0.2, 0) is 43.0 Å². The van der Waals surface area contributed by atoms with Gasteiger partial charge in [-0.1, -0.05) is 66.6 Å². The number of amides is 1. The third-order valence-corrected chi connectivity index (χ3v) is 4.68. The van der Waals surface area contributed by atoms with Gasteiger partial charge in [0.25, 0.3) is 0 Å². The molecule has 1 aliphatic carbocycles. The summed E-state index contributed by atoms with van der Waals surface area (Å²) in [5, 5.41) is 3.14. The van der Waals surface area contributed by atoms with E-state index in [0.29, 0.717) is 6.42 Å². The number of hydrogen-bond donors (Lipinski definition) is 1. The van der Waals surface area contributed by atoms with E-state index in [1.807, 2.05) is 75.4 Å². The van der Waals surface area contributed by atoms with Crippen LogP contribution in [0, 0.1) is 6.58 Å². The van der Waals surface area contributed by atoms with Crippen molar-refractivity contribution in [1.29, 1.82) is 0 Å². The van der Waals surface area contributed by atoms with E-state index in [1.165, 1.54) is 0 Å². The SMILES string of the molecule is [CH-]=C1C(C)=C(CC(=O)NC(C)(C)c2ccccc2)c2ccccc21.[Y]. The van der Waals surface area contributed by atoms with Crippen molar-refractivity contribution >= 4 is 17.1 Å². The number of fused-ring (bicyclic) bond motifs is 1. The minimum atomic E-state index is -0.416. The molecule has 0 fully saturated rings. The molecule has 0 unspecified atom stereocenters. The fourth-order valence-electron chi connectivity index (χ4n) is 3.26. The second-order valence-electron chi connectivity index (χ2n) is 6.78. The molecule has 2 aromatic rings. The second kappa shape index (κ2) is 7.80. The molecule has 0 saturated heterocycles. The summed E-state index contributed by atoms with van der Waals surface area (Å²) < 4.78 is 0. The van der Waals surface area contributed by atoms with E-state index >= 15 is 0 Å². The smallest absolute Gasteiger partial charge is 0.224 e. The molecule has 0 bridgehead atoms. The van der Waals surface area contributed by atoms with E-state index < -0.39 is 5.54 Å². The Balaban J connectivity index is 0.00000225. The van der Waals surface area contributed by atoms with E-state index in [-0.39, 0.29) is 38.6 Å². The molecule has 1 radical (unpaired) electrons. The second-order valence-corrected chi connectivity index (χ2v) is 6.78.